The molecule has 0 aliphatic carbocycles. The lowest BCUT2D eigenvalue weighted by molar-refractivity contribution is 0.0915. The van der Waals surface area contributed by atoms with Crippen molar-refractivity contribution < 1.29 is 4.79 Å². The van der Waals surface area contributed by atoms with Crippen molar-refractivity contribution in [2.24, 2.45) is 0 Å². The van der Waals surface area contributed by atoms with Gasteiger partial charge in [0.2, 0.25) is 0 Å². The Morgan fingerprint density at radius 1 is 1.41 bits per heavy atom. The fourth-order valence-electron chi connectivity index (χ4n) is 1.88. The molecular formula is C12H17Br2NOS. The largest absolute Gasteiger partial charge is 0.296 e. The summed E-state index contributed by atoms with van der Waals surface area (Å²) >= 11 is 8.36. The summed E-state index contributed by atoms with van der Waals surface area (Å²) in [6.45, 7) is 4.80. The maximum atomic E-state index is 12.1. The van der Waals surface area contributed by atoms with Crippen LogP contribution in [-0.2, 0) is 0 Å². The maximum absolute atomic E-state index is 12.1. The van der Waals surface area contributed by atoms with E-state index in [2.05, 4.69) is 50.6 Å². The summed E-state index contributed by atoms with van der Waals surface area (Å²) < 4.78 is 1.89. The molecule has 0 atom stereocenters. The van der Waals surface area contributed by atoms with Crippen LogP contribution in [0.2, 0.25) is 0 Å². The number of nitrogens with zero attached hydrogens (tertiary/aromatic N) is 1. The van der Waals surface area contributed by atoms with E-state index in [9.17, 15) is 4.79 Å². The lowest BCUT2D eigenvalue weighted by Gasteiger charge is -2.25. The molecule has 1 rings (SSSR count). The van der Waals surface area contributed by atoms with Crippen LogP contribution in [0.15, 0.2) is 13.6 Å². The van der Waals surface area contributed by atoms with Gasteiger partial charge < -0.3 is 0 Å². The molecule has 1 heterocycles. The predicted molar refractivity (Wildman–Crippen MR) is 81.0 cm³/mol. The maximum Gasteiger partial charge on any atom is 0.178 e. The SMILES string of the molecule is CCC(CC)N(C)CC(=O)c1cc(Br)sc1Br. The molecule has 2 nitrogen and oxygen atoms in total. The average molecular weight is 383 g/mol. The third-order valence-corrected chi connectivity index (χ3v) is 5.26. The Morgan fingerprint density at radius 3 is 2.41 bits per heavy atom. The highest BCUT2D eigenvalue weighted by Gasteiger charge is 2.18. The summed E-state index contributed by atoms with van der Waals surface area (Å²) in [5.74, 6) is 0.174. The van der Waals surface area contributed by atoms with Crippen molar-refractivity contribution in [2.75, 3.05) is 13.6 Å². The molecule has 0 unspecified atom stereocenters. The van der Waals surface area contributed by atoms with Gasteiger partial charge >= 0.3 is 0 Å². The van der Waals surface area contributed by atoms with Gasteiger partial charge in [0.15, 0.2) is 5.78 Å². The smallest absolute Gasteiger partial charge is 0.178 e. The number of rotatable bonds is 6. The van der Waals surface area contributed by atoms with Gasteiger partial charge in [-0.2, -0.15) is 0 Å². The lowest BCUT2D eigenvalue weighted by Crippen LogP contribution is -2.35. The molecule has 0 saturated carbocycles. The Balaban J connectivity index is 2.69. The highest BCUT2D eigenvalue weighted by atomic mass is 79.9. The van der Waals surface area contributed by atoms with Crippen molar-refractivity contribution in [3.05, 3.63) is 19.2 Å². The zero-order chi connectivity index (χ0) is 13.0. The van der Waals surface area contributed by atoms with Crippen LogP contribution < -0.4 is 0 Å². The zero-order valence-corrected chi connectivity index (χ0v) is 14.3. The molecule has 0 saturated heterocycles. The van der Waals surface area contributed by atoms with Crippen molar-refractivity contribution >= 4 is 49.0 Å². The quantitative estimate of drug-likeness (QED) is 0.671. The Morgan fingerprint density at radius 2 is 2.00 bits per heavy atom. The van der Waals surface area contributed by atoms with E-state index in [1.807, 2.05) is 13.1 Å². The third kappa shape index (κ3) is 4.16. The molecule has 0 aromatic carbocycles. The second kappa shape index (κ2) is 7.02. The van der Waals surface area contributed by atoms with E-state index in [1.165, 1.54) is 11.3 Å². The second-order valence-electron chi connectivity index (χ2n) is 4.05. The minimum absolute atomic E-state index is 0.174. The van der Waals surface area contributed by atoms with Crippen molar-refractivity contribution in [2.45, 2.75) is 32.7 Å². The lowest BCUT2D eigenvalue weighted by atomic mass is 10.1. The van der Waals surface area contributed by atoms with E-state index in [1.54, 1.807) is 0 Å². The molecule has 1 aromatic heterocycles. The van der Waals surface area contributed by atoms with Crippen molar-refractivity contribution in [1.82, 2.24) is 4.90 Å². The van der Waals surface area contributed by atoms with Crippen LogP contribution in [0, 0.1) is 0 Å². The first-order valence-corrected chi connectivity index (χ1v) is 8.08. The van der Waals surface area contributed by atoms with Crippen molar-refractivity contribution in [3.63, 3.8) is 0 Å². The van der Waals surface area contributed by atoms with Gasteiger partial charge in [0.05, 0.1) is 14.1 Å². The summed E-state index contributed by atoms with van der Waals surface area (Å²) in [6, 6.07) is 2.37. The van der Waals surface area contributed by atoms with Crippen molar-refractivity contribution in [1.29, 1.82) is 0 Å². The highest BCUT2D eigenvalue weighted by molar-refractivity contribution is 9.12. The monoisotopic (exact) mass is 381 g/mol. The van der Waals surface area contributed by atoms with Gasteiger partial charge in [-0.05, 0) is 57.8 Å². The van der Waals surface area contributed by atoms with E-state index < -0.39 is 0 Å². The number of halogens is 2. The van der Waals surface area contributed by atoms with Gasteiger partial charge in [0.25, 0.3) is 0 Å². The van der Waals surface area contributed by atoms with Crippen LogP contribution in [0.1, 0.15) is 37.0 Å². The van der Waals surface area contributed by atoms with Crippen LogP contribution in [0.5, 0.6) is 0 Å². The summed E-state index contributed by atoms with van der Waals surface area (Å²) in [6.07, 6.45) is 2.16. The first-order chi connectivity index (χ1) is 7.99. The molecular weight excluding hydrogens is 366 g/mol. The number of likely N-dealkylation sites (N-methyl/N-ethyl adjacent to an activating group) is 1. The van der Waals surface area contributed by atoms with E-state index in [-0.39, 0.29) is 5.78 Å². The Labute approximate surface area is 124 Å². The zero-order valence-electron chi connectivity index (χ0n) is 10.3. The summed E-state index contributed by atoms with van der Waals surface area (Å²) in [7, 11) is 2.02. The molecule has 0 N–H and O–H groups in total. The first-order valence-electron chi connectivity index (χ1n) is 5.67. The Hall–Kier alpha value is 0.290. The minimum atomic E-state index is 0.174. The van der Waals surface area contributed by atoms with Gasteiger partial charge in [-0.15, -0.1) is 11.3 Å². The fraction of sp³-hybridized carbons (Fsp3) is 0.583. The molecule has 96 valence electrons. The van der Waals surface area contributed by atoms with E-state index in [4.69, 9.17) is 0 Å². The van der Waals surface area contributed by atoms with Gasteiger partial charge in [-0.3, -0.25) is 9.69 Å². The van der Waals surface area contributed by atoms with E-state index >= 15 is 0 Å². The molecule has 0 aliphatic heterocycles. The van der Waals surface area contributed by atoms with Crippen LogP contribution in [0.25, 0.3) is 0 Å². The molecule has 0 radical (unpaired) electrons. The molecule has 0 aliphatic rings. The number of carbonyl (C=O) groups excluding carboxylic acids is 1. The summed E-state index contributed by atoms with van der Waals surface area (Å²) in [4.78, 5) is 14.3. The van der Waals surface area contributed by atoms with Crippen LogP contribution in [0.3, 0.4) is 0 Å². The molecule has 17 heavy (non-hydrogen) atoms. The van der Waals surface area contributed by atoms with Gasteiger partial charge in [-0.25, -0.2) is 0 Å². The molecule has 0 amide bonds. The number of hydrogen-bond acceptors (Lipinski definition) is 3. The molecule has 0 bridgehead atoms. The van der Waals surface area contributed by atoms with Crippen LogP contribution in [-0.4, -0.2) is 30.3 Å². The predicted octanol–water partition coefficient (Wildman–Crippen LogP) is 4.58. The Bertz CT molecular complexity index is 388. The molecule has 0 spiro atoms. The highest BCUT2D eigenvalue weighted by Crippen LogP contribution is 2.32. The fourth-order valence-corrected chi connectivity index (χ4v) is 4.74. The van der Waals surface area contributed by atoms with Gasteiger partial charge in [0, 0.05) is 11.6 Å². The van der Waals surface area contributed by atoms with E-state index in [0.29, 0.717) is 12.6 Å². The topological polar surface area (TPSA) is 20.3 Å². The van der Waals surface area contributed by atoms with E-state index in [0.717, 1.165) is 26.0 Å². The van der Waals surface area contributed by atoms with Gasteiger partial charge in [0.1, 0.15) is 0 Å². The average Bonchev–Trinajstić information content (AvgIpc) is 2.59. The summed E-state index contributed by atoms with van der Waals surface area (Å²) in [5, 5.41) is 0. The van der Waals surface area contributed by atoms with Crippen LogP contribution >= 0.6 is 43.2 Å². The van der Waals surface area contributed by atoms with Crippen LogP contribution in [0.4, 0.5) is 0 Å². The normalized spacial score (nSPS) is 11.5. The number of Topliss-reactive ketones (excluding diaryl/α,β-unsaturated/α-hetero) is 1. The van der Waals surface area contributed by atoms with Crippen molar-refractivity contribution in [3.8, 4) is 0 Å². The summed E-state index contributed by atoms with van der Waals surface area (Å²) in [5.41, 5.74) is 0.777. The first kappa shape index (κ1) is 15.3. The minimum Gasteiger partial charge on any atom is -0.296 e. The third-order valence-electron chi connectivity index (χ3n) is 2.92. The standard InChI is InChI=1S/C12H17Br2NOS/c1-4-8(5-2)15(3)7-10(16)9-6-11(13)17-12(9)14/h6,8H,4-5,7H2,1-3H3. The molecule has 1 aromatic rings. The Kier molecular flexibility index (Phi) is 6.34. The number of carbonyl (C=O) groups is 1. The number of thiophene rings is 1. The second-order valence-corrected chi connectivity index (χ2v) is 7.80. The number of hydrogen-bond donors (Lipinski definition) is 0. The molecule has 0 fully saturated rings. The number of ketones is 1. The molecule has 5 heteroatoms. The van der Waals surface area contributed by atoms with Gasteiger partial charge in [-0.1, -0.05) is 13.8 Å².